The minimum Gasteiger partial charge on any atom is -0.520 e. The predicted octanol–water partition coefficient (Wildman–Crippen LogP) is 7.94. The van der Waals surface area contributed by atoms with E-state index >= 15 is 0 Å². The molecule has 2 aromatic carbocycles. The molecule has 3 nitrogen and oxygen atoms in total. The number of hydrogen-bond acceptors (Lipinski definition) is 3. The van der Waals surface area contributed by atoms with Crippen LogP contribution in [-0.2, 0) is 20.7 Å². The lowest BCUT2D eigenvalue weighted by molar-refractivity contribution is 0.201. The van der Waals surface area contributed by atoms with Crippen molar-refractivity contribution in [3.05, 3.63) is 64.7 Å². The van der Waals surface area contributed by atoms with Crippen LogP contribution in [0.15, 0.2) is 42.5 Å². The van der Waals surface area contributed by atoms with Gasteiger partial charge in [-0.05, 0) is 51.6 Å². The minimum absolute atomic E-state index is 0.0290. The molecule has 174 valence electrons. The van der Waals surface area contributed by atoms with Gasteiger partial charge in [-0.15, -0.1) is 0 Å². The van der Waals surface area contributed by atoms with Crippen LogP contribution in [0.1, 0.15) is 90.7 Å². The second kappa shape index (κ2) is 9.04. The van der Waals surface area contributed by atoms with E-state index in [1.807, 2.05) is 43.4 Å². The highest BCUT2D eigenvalue weighted by molar-refractivity contribution is 6.65. The van der Waals surface area contributed by atoms with E-state index in [4.69, 9.17) is 8.85 Å². The lowest BCUT2D eigenvalue weighted by atomic mass is 9.75. The maximum Gasteiger partial charge on any atom is 0.393 e. The molecule has 0 amide bonds. The molecular weight excluding hydrogens is 410 g/mol. The molecule has 1 unspecified atom stereocenters. The Morgan fingerprint density at radius 3 is 1.62 bits per heavy atom. The maximum absolute atomic E-state index is 9.79. The summed E-state index contributed by atoms with van der Waals surface area (Å²) in [6, 6.07) is 16.6. The fourth-order valence-corrected chi connectivity index (χ4v) is 5.15. The van der Waals surface area contributed by atoms with Crippen molar-refractivity contribution in [1.82, 2.24) is 0 Å². The van der Waals surface area contributed by atoms with E-state index < -0.39 is 14.7 Å². The summed E-state index contributed by atoms with van der Waals surface area (Å²) >= 11 is 0. The van der Waals surface area contributed by atoms with E-state index in [9.17, 15) is 5.26 Å². The van der Waals surface area contributed by atoms with Crippen molar-refractivity contribution in [1.29, 1.82) is 5.26 Å². The smallest absolute Gasteiger partial charge is 0.393 e. The minimum atomic E-state index is -2.72. The molecular formula is C28H41NO2Si. The number of nitrogens with zero attached hydrogens (tertiary/aromatic N) is 1. The first-order valence-corrected chi connectivity index (χ1v) is 14.3. The molecule has 0 aliphatic heterocycles. The first kappa shape index (κ1) is 26.2. The van der Waals surface area contributed by atoms with E-state index in [1.165, 1.54) is 16.7 Å². The van der Waals surface area contributed by atoms with Gasteiger partial charge in [0.15, 0.2) is 6.10 Å². The van der Waals surface area contributed by atoms with Gasteiger partial charge in [0.25, 0.3) is 0 Å². The molecule has 0 spiro atoms. The summed E-state index contributed by atoms with van der Waals surface area (Å²) in [5, 5.41) is 9.79. The van der Waals surface area contributed by atoms with Gasteiger partial charge in [0.05, 0.1) is 6.07 Å². The topological polar surface area (TPSA) is 42.2 Å². The molecule has 0 heterocycles. The average Bonchev–Trinajstić information content (AvgIpc) is 2.64. The summed E-state index contributed by atoms with van der Waals surface area (Å²) in [4.78, 5) is 0. The summed E-state index contributed by atoms with van der Waals surface area (Å²) in [5.41, 5.74) is 4.36. The third-order valence-electron chi connectivity index (χ3n) is 5.54. The Hall–Kier alpha value is -2.09. The molecule has 4 heteroatoms. The zero-order valence-corrected chi connectivity index (χ0v) is 22.9. The Kier molecular flexibility index (Phi) is 7.39. The molecule has 0 aromatic heterocycles. The largest absolute Gasteiger partial charge is 0.520 e. The van der Waals surface area contributed by atoms with Crippen LogP contribution in [0.2, 0.25) is 13.1 Å². The van der Waals surface area contributed by atoms with Crippen molar-refractivity contribution in [2.45, 2.75) is 97.8 Å². The second-order valence-electron chi connectivity index (χ2n) is 12.2. The van der Waals surface area contributed by atoms with Gasteiger partial charge in [-0.1, -0.05) is 105 Å². The van der Waals surface area contributed by atoms with Gasteiger partial charge in [-0.2, -0.15) is 5.26 Å². The van der Waals surface area contributed by atoms with Crippen LogP contribution in [0.3, 0.4) is 0 Å². The van der Waals surface area contributed by atoms with E-state index in [-0.39, 0.29) is 16.2 Å². The van der Waals surface area contributed by atoms with Crippen LogP contribution in [0, 0.1) is 11.3 Å². The molecule has 0 saturated carbocycles. The van der Waals surface area contributed by atoms with Crippen LogP contribution in [-0.4, -0.2) is 8.56 Å². The first-order valence-electron chi connectivity index (χ1n) is 11.5. The van der Waals surface area contributed by atoms with Gasteiger partial charge < -0.3 is 8.85 Å². The highest BCUT2D eigenvalue weighted by Crippen LogP contribution is 2.44. The van der Waals surface area contributed by atoms with Gasteiger partial charge in [0, 0.05) is 0 Å². The van der Waals surface area contributed by atoms with Gasteiger partial charge >= 0.3 is 8.56 Å². The van der Waals surface area contributed by atoms with E-state index in [0.717, 1.165) is 11.3 Å². The van der Waals surface area contributed by atoms with Gasteiger partial charge in [-0.25, -0.2) is 0 Å². The zero-order valence-electron chi connectivity index (χ0n) is 21.9. The van der Waals surface area contributed by atoms with Crippen molar-refractivity contribution in [2.75, 3.05) is 0 Å². The van der Waals surface area contributed by atoms with Crippen molar-refractivity contribution in [3.63, 3.8) is 0 Å². The number of hydrogen-bond donors (Lipinski definition) is 0. The van der Waals surface area contributed by atoms with Crippen LogP contribution < -0.4 is 4.43 Å². The molecule has 0 aliphatic carbocycles. The Bertz CT molecular complexity index is 933. The van der Waals surface area contributed by atoms with Crippen molar-refractivity contribution < 1.29 is 8.85 Å². The predicted molar refractivity (Wildman–Crippen MR) is 137 cm³/mol. The molecule has 2 rings (SSSR count). The number of rotatable bonds is 5. The lowest BCUT2D eigenvalue weighted by Gasteiger charge is -2.36. The molecule has 2 aromatic rings. The third-order valence-corrected chi connectivity index (χ3v) is 7.04. The highest BCUT2D eigenvalue weighted by atomic mass is 28.4. The maximum atomic E-state index is 9.79. The number of benzene rings is 2. The fourth-order valence-electron chi connectivity index (χ4n) is 3.64. The Balaban J connectivity index is 2.61. The summed E-state index contributed by atoms with van der Waals surface area (Å²) in [6.45, 7) is 24.2. The summed E-state index contributed by atoms with van der Waals surface area (Å²) in [7, 11) is -2.72. The third kappa shape index (κ3) is 6.46. The summed E-state index contributed by atoms with van der Waals surface area (Å²) in [6.07, 6.45) is -0.650. The summed E-state index contributed by atoms with van der Waals surface area (Å²) in [5.74, 6) is 0.916. The van der Waals surface area contributed by atoms with Gasteiger partial charge in [0.2, 0.25) is 0 Å². The Labute approximate surface area is 197 Å². The standard InChI is InChI=1S/C28H41NO2Si/c1-26(2,3)21-17-22(27(4,5)6)25(23(18-21)28(7,8)9)31-32(10,11)30-24(19-29)20-15-13-12-14-16-20/h12-18,24H,1-11H3. The monoisotopic (exact) mass is 451 g/mol. The molecule has 0 N–H and O–H groups in total. The van der Waals surface area contributed by atoms with Crippen LogP contribution in [0.4, 0.5) is 0 Å². The molecule has 0 aliphatic rings. The SMILES string of the molecule is CC(C)(C)c1cc(C(C)(C)C)c(O[Si](C)(C)OC(C#N)c2ccccc2)c(C(C)(C)C)c1. The average molecular weight is 452 g/mol. The number of nitriles is 1. The van der Waals surface area contributed by atoms with Crippen LogP contribution in [0.25, 0.3) is 0 Å². The molecule has 32 heavy (non-hydrogen) atoms. The Morgan fingerprint density at radius 2 is 1.25 bits per heavy atom. The van der Waals surface area contributed by atoms with Crippen molar-refractivity contribution in [2.24, 2.45) is 0 Å². The van der Waals surface area contributed by atoms with E-state index in [1.54, 1.807) is 0 Å². The quantitative estimate of drug-likeness (QED) is 0.433. The fraction of sp³-hybridized carbons (Fsp3) is 0.536. The first-order chi connectivity index (χ1) is 14.5. The lowest BCUT2D eigenvalue weighted by Crippen LogP contribution is -2.41. The normalized spacial score (nSPS) is 14.1. The highest BCUT2D eigenvalue weighted by Gasteiger charge is 2.37. The van der Waals surface area contributed by atoms with Gasteiger partial charge in [-0.3, -0.25) is 0 Å². The molecule has 1 atom stereocenters. The Morgan fingerprint density at radius 1 is 0.781 bits per heavy atom. The zero-order chi connectivity index (χ0) is 24.5. The van der Waals surface area contributed by atoms with Crippen molar-refractivity contribution >= 4 is 8.56 Å². The van der Waals surface area contributed by atoms with Gasteiger partial charge in [0.1, 0.15) is 5.75 Å². The second-order valence-corrected chi connectivity index (χ2v) is 15.4. The molecule has 0 bridgehead atoms. The molecule has 0 radical (unpaired) electrons. The van der Waals surface area contributed by atoms with Crippen molar-refractivity contribution in [3.8, 4) is 11.8 Å². The van der Waals surface area contributed by atoms with E-state index in [0.29, 0.717) is 0 Å². The molecule has 0 saturated heterocycles. The summed E-state index contributed by atoms with van der Waals surface area (Å²) < 4.78 is 13.2. The van der Waals surface area contributed by atoms with Crippen LogP contribution in [0.5, 0.6) is 5.75 Å². The molecule has 0 fully saturated rings. The van der Waals surface area contributed by atoms with Crippen LogP contribution >= 0.6 is 0 Å². The van der Waals surface area contributed by atoms with E-state index in [2.05, 4.69) is 80.5 Å².